The molecule has 0 bridgehead atoms. The molecule has 0 saturated carbocycles. The lowest BCUT2D eigenvalue weighted by atomic mass is 10.2. The molecule has 0 aromatic heterocycles. The molecule has 0 radical (unpaired) electrons. The van der Waals surface area contributed by atoms with Gasteiger partial charge in [0.2, 0.25) is 0 Å². The fourth-order valence-electron chi connectivity index (χ4n) is 1.34. The highest BCUT2D eigenvalue weighted by molar-refractivity contribution is 5.81. The summed E-state index contributed by atoms with van der Waals surface area (Å²) in [7, 11) is 0. The molecule has 24 heavy (non-hydrogen) atoms. The molecule has 1 amide bonds. The summed E-state index contributed by atoms with van der Waals surface area (Å²) in [4.78, 5) is 22.1. The molecule has 0 saturated heterocycles. The maximum absolute atomic E-state index is 11.3. The van der Waals surface area contributed by atoms with Crippen molar-refractivity contribution >= 4 is 12.1 Å². The van der Waals surface area contributed by atoms with E-state index in [0.717, 1.165) is 6.08 Å². The van der Waals surface area contributed by atoms with Crippen molar-refractivity contribution in [3.63, 3.8) is 0 Å². The van der Waals surface area contributed by atoms with Gasteiger partial charge in [-0.3, -0.25) is 0 Å². The zero-order valence-corrected chi connectivity index (χ0v) is 14.8. The van der Waals surface area contributed by atoms with Gasteiger partial charge in [-0.25, -0.2) is 9.59 Å². The Morgan fingerprint density at radius 3 is 1.92 bits per heavy atom. The van der Waals surface area contributed by atoms with E-state index in [1.807, 2.05) is 0 Å². The van der Waals surface area contributed by atoms with E-state index in [2.05, 4.69) is 11.9 Å². The van der Waals surface area contributed by atoms with Crippen LogP contribution in [0, 0.1) is 0 Å². The van der Waals surface area contributed by atoms with Crippen molar-refractivity contribution in [2.24, 2.45) is 0 Å². The summed E-state index contributed by atoms with van der Waals surface area (Å²) in [5, 5.41) is 2.59. The van der Waals surface area contributed by atoms with Crippen LogP contribution in [-0.2, 0) is 28.5 Å². The first kappa shape index (κ1) is 22.4. The molecule has 0 aliphatic heterocycles. The lowest BCUT2D eigenvalue weighted by Gasteiger charge is -2.19. The number of esters is 1. The first-order valence-corrected chi connectivity index (χ1v) is 7.84. The molecule has 0 spiro atoms. The van der Waals surface area contributed by atoms with Crippen molar-refractivity contribution in [2.45, 2.75) is 26.4 Å². The van der Waals surface area contributed by atoms with Crippen molar-refractivity contribution in [3.05, 3.63) is 12.7 Å². The second-order valence-electron chi connectivity index (χ2n) is 5.64. The molecule has 0 aromatic rings. The number of rotatable bonds is 13. The molecule has 0 heterocycles. The van der Waals surface area contributed by atoms with Gasteiger partial charge < -0.3 is 29.0 Å². The van der Waals surface area contributed by atoms with E-state index in [-0.39, 0.29) is 6.61 Å². The molecule has 1 N–H and O–H groups in total. The molecule has 0 fully saturated rings. The van der Waals surface area contributed by atoms with E-state index < -0.39 is 17.7 Å². The van der Waals surface area contributed by atoms with Crippen LogP contribution in [-0.4, -0.2) is 70.5 Å². The first-order valence-electron chi connectivity index (χ1n) is 7.84. The number of nitrogens with one attached hydrogen (secondary N) is 1. The van der Waals surface area contributed by atoms with Crippen LogP contribution in [0.15, 0.2) is 12.7 Å². The predicted molar refractivity (Wildman–Crippen MR) is 87.8 cm³/mol. The monoisotopic (exact) mass is 347 g/mol. The van der Waals surface area contributed by atoms with Gasteiger partial charge in [0.15, 0.2) is 0 Å². The molecule has 8 nitrogen and oxygen atoms in total. The van der Waals surface area contributed by atoms with E-state index in [9.17, 15) is 9.59 Å². The van der Waals surface area contributed by atoms with Gasteiger partial charge in [-0.15, -0.1) is 0 Å². The van der Waals surface area contributed by atoms with Crippen molar-refractivity contribution in [1.82, 2.24) is 5.32 Å². The summed E-state index contributed by atoms with van der Waals surface area (Å²) in [6, 6.07) is 0. The van der Waals surface area contributed by atoms with E-state index in [1.54, 1.807) is 20.8 Å². The number of alkyl carbamates (subject to hydrolysis) is 1. The molecule has 0 aliphatic rings. The van der Waals surface area contributed by atoms with Crippen LogP contribution < -0.4 is 5.32 Å². The largest absolute Gasteiger partial charge is 0.460 e. The Hall–Kier alpha value is -1.64. The number of amides is 1. The fourth-order valence-corrected chi connectivity index (χ4v) is 1.34. The minimum Gasteiger partial charge on any atom is -0.460 e. The number of carbonyl (C=O) groups excluding carboxylic acids is 2. The second kappa shape index (κ2) is 13.8. The normalized spacial score (nSPS) is 11.0. The van der Waals surface area contributed by atoms with E-state index in [4.69, 9.17) is 23.7 Å². The zero-order valence-electron chi connectivity index (χ0n) is 14.8. The molecular formula is C16H29NO7. The number of carbonyl (C=O) groups is 2. The first-order chi connectivity index (χ1) is 11.3. The van der Waals surface area contributed by atoms with Gasteiger partial charge in [-0.1, -0.05) is 6.58 Å². The Kier molecular flexibility index (Phi) is 12.8. The average molecular weight is 347 g/mol. The minimum atomic E-state index is -0.506. The van der Waals surface area contributed by atoms with Gasteiger partial charge in [-0.2, -0.15) is 0 Å². The van der Waals surface area contributed by atoms with Crippen LogP contribution in [0.2, 0.25) is 0 Å². The predicted octanol–water partition coefficient (Wildman–Crippen LogP) is 1.29. The summed E-state index contributed by atoms with van der Waals surface area (Å²) < 4.78 is 25.6. The third-order valence-electron chi connectivity index (χ3n) is 2.30. The van der Waals surface area contributed by atoms with Crippen molar-refractivity contribution < 1.29 is 33.3 Å². The summed E-state index contributed by atoms with van der Waals surface area (Å²) in [5.41, 5.74) is -0.506. The Balaban J connectivity index is 3.22. The van der Waals surface area contributed by atoms with Gasteiger partial charge in [0.05, 0.1) is 39.6 Å². The maximum Gasteiger partial charge on any atom is 0.407 e. The van der Waals surface area contributed by atoms with Crippen molar-refractivity contribution in [2.75, 3.05) is 52.8 Å². The van der Waals surface area contributed by atoms with Gasteiger partial charge in [0, 0.05) is 12.6 Å². The molecule has 0 unspecified atom stereocenters. The van der Waals surface area contributed by atoms with E-state index in [1.165, 1.54) is 0 Å². The van der Waals surface area contributed by atoms with Crippen LogP contribution in [0.5, 0.6) is 0 Å². The SMILES string of the molecule is C=CC(=O)OCCOCCOCCOCCNC(=O)OC(C)(C)C. The summed E-state index contributed by atoms with van der Waals surface area (Å²) in [6.45, 7) is 11.7. The molecule has 0 aromatic carbocycles. The number of hydrogen-bond acceptors (Lipinski definition) is 7. The highest BCUT2D eigenvalue weighted by atomic mass is 16.6. The van der Waals surface area contributed by atoms with Gasteiger partial charge in [-0.05, 0) is 20.8 Å². The van der Waals surface area contributed by atoms with Crippen molar-refractivity contribution in [1.29, 1.82) is 0 Å². The van der Waals surface area contributed by atoms with Gasteiger partial charge >= 0.3 is 12.1 Å². The molecule has 0 atom stereocenters. The highest BCUT2D eigenvalue weighted by Gasteiger charge is 2.15. The van der Waals surface area contributed by atoms with Crippen LogP contribution in [0.1, 0.15) is 20.8 Å². The zero-order chi connectivity index (χ0) is 18.3. The lowest BCUT2D eigenvalue weighted by Crippen LogP contribution is -2.34. The lowest BCUT2D eigenvalue weighted by molar-refractivity contribution is -0.139. The molecule has 0 aliphatic carbocycles. The second-order valence-corrected chi connectivity index (χ2v) is 5.64. The van der Waals surface area contributed by atoms with Crippen LogP contribution in [0.25, 0.3) is 0 Å². The third kappa shape index (κ3) is 16.7. The van der Waals surface area contributed by atoms with Crippen LogP contribution >= 0.6 is 0 Å². The Labute approximate surface area is 143 Å². The summed E-state index contributed by atoms with van der Waals surface area (Å²) >= 11 is 0. The molecule has 0 rings (SSSR count). The smallest absolute Gasteiger partial charge is 0.407 e. The molecular weight excluding hydrogens is 318 g/mol. The molecule has 8 heteroatoms. The maximum atomic E-state index is 11.3. The van der Waals surface area contributed by atoms with E-state index >= 15 is 0 Å². The van der Waals surface area contributed by atoms with Crippen LogP contribution in [0.3, 0.4) is 0 Å². The Morgan fingerprint density at radius 2 is 1.42 bits per heavy atom. The van der Waals surface area contributed by atoms with Crippen LogP contribution in [0.4, 0.5) is 4.79 Å². The highest BCUT2D eigenvalue weighted by Crippen LogP contribution is 2.05. The Morgan fingerprint density at radius 1 is 0.917 bits per heavy atom. The van der Waals surface area contributed by atoms with Gasteiger partial charge in [0.25, 0.3) is 0 Å². The third-order valence-corrected chi connectivity index (χ3v) is 2.30. The number of hydrogen-bond donors (Lipinski definition) is 1. The summed E-state index contributed by atoms with van der Waals surface area (Å²) in [5.74, 6) is -0.465. The fraction of sp³-hybridized carbons (Fsp3) is 0.750. The van der Waals surface area contributed by atoms with E-state index in [0.29, 0.717) is 46.2 Å². The average Bonchev–Trinajstić information content (AvgIpc) is 2.49. The standard InChI is InChI=1S/C16H29NO7/c1-5-14(18)23-13-12-22-11-10-21-9-8-20-7-6-17-15(19)24-16(2,3)4/h5H,1,6-13H2,2-4H3,(H,17,19). The van der Waals surface area contributed by atoms with Crippen molar-refractivity contribution in [3.8, 4) is 0 Å². The topological polar surface area (TPSA) is 92.3 Å². The summed E-state index contributed by atoms with van der Waals surface area (Å²) in [6.07, 6.45) is 0.643. The minimum absolute atomic E-state index is 0.193. The number of ether oxygens (including phenoxy) is 5. The van der Waals surface area contributed by atoms with Gasteiger partial charge in [0.1, 0.15) is 12.2 Å². The quantitative estimate of drug-likeness (QED) is 0.305. The molecule has 140 valence electrons. The Bertz CT molecular complexity index is 366.